The molecule has 0 aromatic heterocycles. The molecule has 2 amide bonds. The average molecular weight is 420 g/mol. The van der Waals surface area contributed by atoms with E-state index < -0.39 is 0 Å². The maximum atomic E-state index is 12.7. The first-order valence-electron chi connectivity index (χ1n) is 9.20. The molecule has 1 atom stereocenters. The minimum atomic E-state index is -0.365. The van der Waals surface area contributed by atoms with E-state index in [1.54, 1.807) is 18.2 Å². The van der Waals surface area contributed by atoms with Crippen molar-refractivity contribution in [1.82, 2.24) is 4.90 Å². The molecule has 1 fully saturated rings. The number of anilines is 2. The van der Waals surface area contributed by atoms with Crippen molar-refractivity contribution >= 4 is 46.4 Å². The molecule has 2 N–H and O–H groups in total. The van der Waals surface area contributed by atoms with E-state index in [9.17, 15) is 9.59 Å². The fourth-order valence-electron chi connectivity index (χ4n) is 3.36. The van der Waals surface area contributed by atoms with Crippen LogP contribution in [0.2, 0.25) is 10.0 Å². The molecule has 0 unspecified atom stereocenters. The normalized spacial score (nSPS) is 16.8. The van der Waals surface area contributed by atoms with Gasteiger partial charge in [0.1, 0.15) is 0 Å². The number of likely N-dealkylation sites (tertiary alicyclic amines) is 1. The Balaban J connectivity index is 1.63. The van der Waals surface area contributed by atoms with E-state index >= 15 is 0 Å². The first kappa shape index (κ1) is 20.6. The second-order valence-electron chi connectivity index (χ2n) is 7.11. The molecule has 0 spiro atoms. The van der Waals surface area contributed by atoms with Crippen molar-refractivity contribution in [3.8, 4) is 0 Å². The number of hydrogen-bond donors (Lipinski definition) is 2. The summed E-state index contributed by atoms with van der Waals surface area (Å²) in [6, 6.07) is 10.5. The third kappa shape index (κ3) is 5.04. The predicted molar refractivity (Wildman–Crippen MR) is 114 cm³/mol. The van der Waals surface area contributed by atoms with Crippen LogP contribution in [0.25, 0.3) is 0 Å². The van der Waals surface area contributed by atoms with Gasteiger partial charge in [-0.1, -0.05) is 35.3 Å². The van der Waals surface area contributed by atoms with Crippen LogP contribution < -0.4 is 10.6 Å². The molecule has 2 aromatic carbocycles. The lowest BCUT2D eigenvalue weighted by Crippen LogP contribution is -2.43. The average Bonchev–Trinajstić information content (AvgIpc) is 3.08. The Morgan fingerprint density at radius 2 is 1.86 bits per heavy atom. The zero-order valence-corrected chi connectivity index (χ0v) is 17.4. The number of carbonyl (C=O) groups is 2. The van der Waals surface area contributed by atoms with Crippen LogP contribution in [0.3, 0.4) is 0 Å². The van der Waals surface area contributed by atoms with Crippen LogP contribution >= 0.6 is 23.2 Å². The van der Waals surface area contributed by atoms with Gasteiger partial charge in [0.05, 0.1) is 23.3 Å². The largest absolute Gasteiger partial charge is 0.325 e. The van der Waals surface area contributed by atoms with Crippen molar-refractivity contribution in [2.45, 2.75) is 32.7 Å². The van der Waals surface area contributed by atoms with E-state index in [0.29, 0.717) is 28.7 Å². The molecule has 1 aliphatic rings. The van der Waals surface area contributed by atoms with Crippen LogP contribution in [0, 0.1) is 13.8 Å². The SMILES string of the molecule is Cc1ccc(C)c(NC(=O)CN2CCC[C@H]2C(=O)Nc2ccc(Cl)cc2Cl)c1. The van der Waals surface area contributed by atoms with Crippen LogP contribution in [-0.2, 0) is 9.59 Å². The number of halogens is 2. The number of benzene rings is 2. The molecule has 1 heterocycles. The molecule has 3 rings (SSSR count). The maximum Gasteiger partial charge on any atom is 0.241 e. The molecule has 2 aromatic rings. The zero-order chi connectivity index (χ0) is 20.3. The smallest absolute Gasteiger partial charge is 0.241 e. The third-order valence-electron chi connectivity index (χ3n) is 4.87. The van der Waals surface area contributed by atoms with Crippen molar-refractivity contribution in [1.29, 1.82) is 0 Å². The molecule has 0 saturated carbocycles. The van der Waals surface area contributed by atoms with Crippen LogP contribution in [-0.4, -0.2) is 35.8 Å². The van der Waals surface area contributed by atoms with E-state index in [1.165, 1.54) is 0 Å². The minimum Gasteiger partial charge on any atom is -0.325 e. The Morgan fingerprint density at radius 3 is 2.61 bits per heavy atom. The summed E-state index contributed by atoms with van der Waals surface area (Å²) in [6.07, 6.45) is 1.57. The summed E-state index contributed by atoms with van der Waals surface area (Å²) in [4.78, 5) is 27.2. The molecule has 148 valence electrons. The van der Waals surface area contributed by atoms with Gasteiger partial charge < -0.3 is 10.6 Å². The van der Waals surface area contributed by atoms with Crippen LogP contribution in [0.1, 0.15) is 24.0 Å². The molecule has 7 heteroatoms. The Kier molecular flexibility index (Phi) is 6.60. The third-order valence-corrected chi connectivity index (χ3v) is 5.42. The molecule has 0 radical (unpaired) electrons. The molecule has 0 bridgehead atoms. The van der Waals surface area contributed by atoms with Gasteiger partial charge in [-0.15, -0.1) is 0 Å². The highest BCUT2D eigenvalue weighted by Gasteiger charge is 2.32. The van der Waals surface area contributed by atoms with E-state index in [2.05, 4.69) is 10.6 Å². The van der Waals surface area contributed by atoms with Gasteiger partial charge in [-0.2, -0.15) is 0 Å². The lowest BCUT2D eigenvalue weighted by molar-refractivity contribution is -0.122. The first-order chi connectivity index (χ1) is 13.3. The molecule has 5 nitrogen and oxygen atoms in total. The van der Waals surface area contributed by atoms with E-state index in [0.717, 1.165) is 23.2 Å². The summed E-state index contributed by atoms with van der Waals surface area (Å²) >= 11 is 12.0. The van der Waals surface area contributed by atoms with E-state index in [4.69, 9.17) is 23.2 Å². The van der Waals surface area contributed by atoms with Crippen LogP contribution in [0.15, 0.2) is 36.4 Å². The lowest BCUT2D eigenvalue weighted by Gasteiger charge is -2.23. The summed E-state index contributed by atoms with van der Waals surface area (Å²) in [7, 11) is 0. The van der Waals surface area contributed by atoms with E-state index in [1.807, 2.05) is 36.9 Å². The summed E-state index contributed by atoms with van der Waals surface area (Å²) in [5, 5.41) is 6.70. The van der Waals surface area contributed by atoms with Crippen LogP contribution in [0.5, 0.6) is 0 Å². The molecular weight excluding hydrogens is 397 g/mol. The van der Waals surface area contributed by atoms with Gasteiger partial charge in [-0.05, 0) is 68.6 Å². The number of amides is 2. The van der Waals surface area contributed by atoms with E-state index in [-0.39, 0.29) is 24.4 Å². The Labute approximate surface area is 175 Å². The Hall–Kier alpha value is -2.08. The zero-order valence-electron chi connectivity index (χ0n) is 15.9. The molecule has 1 saturated heterocycles. The van der Waals surface area contributed by atoms with Gasteiger partial charge in [0.15, 0.2) is 0 Å². The fraction of sp³-hybridized carbons (Fsp3) is 0.333. The number of aryl methyl sites for hydroxylation is 2. The summed E-state index contributed by atoms with van der Waals surface area (Å²) in [6.45, 7) is 4.81. The number of rotatable bonds is 5. The van der Waals surface area contributed by atoms with Crippen molar-refractivity contribution < 1.29 is 9.59 Å². The lowest BCUT2D eigenvalue weighted by atomic mass is 10.1. The van der Waals surface area contributed by atoms with Crippen molar-refractivity contribution in [2.24, 2.45) is 0 Å². The topological polar surface area (TPSA) is 61.4 Å². The number of nitrogens with zero attached hydrogens (tertiary/aromatic N) is 1. The quantitative estimate of drug-likeness (QED) is 0.740. The van der Waals surface area contributed by atoms with Gasteiger partial charge in [-0.3, -0.25) is 14.5 Å². The van der Waals surface area contributed by atoms with Crippen molar-refractivity contribution in [3.05, 3.63) is 57.6 Å². The second-order valence-corrected chi connectivity index (χ2v) is 7.95. The number of hydrogen-bond acceptors (Lipinski definition) is 3. The predicted octanol–water partition coefficient (Wildman–Crippen LogP) is 4.65. The highest BCUT2D eigenvalue weighted by molar-refractivity contribution is 6.36. The number of nitrogens with one attached hydrogen (secondary N) is 2. The Bertz CT molecular complexity index is 901. The van der Waals surface area contributed by atoms with Gasteiger partial charge in [0.2, 0.25) is 11.8 Å². The summed E-state index contributed by atoms with van der Waals surface area (Å²) in [5.74, 6) is -0.292. The molecule has 28 heavy (non-hydrogen) atoms. The van der Waals surface area contributed by atoms with Crippen LogP contribution in [0.4, 0.5) is 11.4 Å². The second kappa shape index (κ2) is 8.95. The highest BCUT2D eigenvalue weighted by atomic mass is 35.5. The van der Waals surface area contributed by atoms with Gasteiger partial charge >= 0.3 is 0 Å². The minimum absolute atomic E-state index is 0.127. The molecule has 0 aliphatic carbocycles. The molecule has 1 aliphatic heterocycles. The standard InChI is InChI=1S/C21H23Cl2N3O2/c1-13-5-6-14(2)18(10-13)24-20(27)12-26-9-3-4-19(26)21(28)25-17-8-7-15(22)11-16(17)23/h5-8,10-11,19H,3-4,9,12H2,1-2H3,(H,24,27)(H,25,28)/t19-/m0/s1. The highest BCUT2D eigenvalue weighted by Crippen LogP contribution is 2.27. The first-order valence-corrected chi connectivity index (χ1v) is 9.96. The molecular formula is C21H23Cl2N3O2. The van der Waals surface area contributed by atoms with Gasteiger partial charge in [0, 0.05) is 10.7 Å². The van der Waals surface area contributed by atoms with Gasteiger partial charge in [0.25, 0.3) is 0 Å². The number of carbonyl (C=O) groups excluding carboxylic acids is 2. The monoisotopic (exact) mass is 419 g/mol. The van der Waals surface area contributed by atoms with Crippen molar-refractivity contribution in [3.63, 3.8) is 0 Å². The summed E-state index contributed by atoms with van der Waals surface area (Å²) in [5.41, 5.74) is 3.41. The fourth-order valence-corrected chi connectivity index (χ4v) is 3.82. The maximum absolute atomic E-state index is 12.7. The summed E-state index contributed by atoms with van der Waals surface area (Å²) < 4.78 is 0. The van der Waals surface area contributed by atoms with Crippen molar-refractivity contribution in [2.75, 3.05) is 23.7 Å². The Morgan fingerprint density at radius 1 is 1.07 bits per heavy atom. The van der Waals surface area contributed by atoms with Gasteiger partial charge in [-0.25, -0.2) is 0 Å².